The Morgan fingerprint density at radius 3 is 2.33 bits per heavy atom. The van der Waals surface area contributed by atoms with E-state index >= 15 is 0 Å². The number of carbonyl (C=O) groups excluding carboxylic acids is 1. The average Bonchev–Trinajstić information content (AvgIpc) is 3.31. The number of nitrogens with one attached hydrogen (secondary N) is 1. The summed E-state index contributed by atoms with van der Waals surface area (Å²) in [4.78, 5) is 16.6. The van der Waals surface area contributed by atoms with E-state index in [-0.39, 0.29) is 16.8 Å². The molecule has 1 fully saturated rings. The lowest BCUT2D eigenvalue weighted by molar-refractivity contribution is -0.143. The van der Waals surface area contributed by atoms with E-state index in [0.29, 0.717) is 21.9 Å². The van der Waals surface area contributed by atoms with Gasteiger partial charge in [0.15, 0.2) is 0 Å². The third-order valence-corrected chi connectivity index (χ3v) is 6.81. The molecule has 4 rings (SSSR count). The Hall–Kier alpha value is -3.55. The normalized spacial score (nSPS) is 17.9. The van der Waals surface area contributed by atoms with Gasteiger partial charge in [0.2, 0.25) is 5.92 Å². The van der Waals surface area contributed by atoms with Gasteiger partial charge >= 0.3 is 12.4 Å². The molecule has 1 saturated carbocycles. The molecule has 2 aromatic heterocycles. The number of alkyl halides is 8. The third-order valence-electron chi connectivity index (χ3n) is 6.81. The summed E-state index contributed by atoms with van der Waals surface area (Å²) in [6.45, 7) is -0.117. The number of amides is 1. The molecule has 2 N–H and O–H groups in total. The topological polar surface area (TPSA) is 80.0 Å². The van der Waals surface area contributed by atoms with Crippen molar-refractivity contribution in [3.63, 3.8) is 0 Å². The minimum absolute atomic E-state index is 0.215. The summed E-state index contributed by atoms with van der Waals surface area (Å²) in [6, 6.07) is 6.31. The van der Waals surface area contributed by atoms with Crippen molar-refractivity contribution in [1.29, 1.82) is 0 Å². The fourth-order valence-corrected chi connectivity index (χ4v) is 4.71. The second-order valence-electron chi connectivity index (χ2n) is 9.86. The second kappa shape index (κ2) is 10.5. The van der Waals surface area contributed by atoms with E-state index in [1.54, 1.807) is 6.07 Å². The first kappa shape index (κ1) is 29.4. The van der Waals surface area contributed by atoms with Crippen molar-refractivity contribution < 1.29 is 45.0 Å². The lowest BCUT2D eigenvalue weighted by atomic mass is 9.75. The Morgan fingerprint density at radius 2 is 1.73 bits per heavy atom. The van der Waals surface area contributed by atoms with Crippen LogP contribution in [0.25, 0.3) is 11.1 Å². The maximum absolute atomic E-state index is 13.9. The monoisotopic (exact) mass is 576 g/mol. The molecule has 1 aromatic carbocycles. The van der Waals surface area contributed by atoms with Crippen LogP contribution in [0.2, 0.25) is 0 Å². The zero-order chi connectivity index (χ0) is 29.5. The van der Waals surface area contributed by atoms with Gasteiger partial charge in [-0.25, -0.2) is 13.8 Å². The van der Waals surface area contributed by atoms with Gasteiger partial charge in [-0.05, 0) is 49.1 Å². The molecular weight excluding hydrogens is 552 g/mol. The van der Waals surface area contributed by atoms with Crippen molar-refractivity contribution in [1.82, 2.24) is 20.1 Å². The van der Waals surface area contributed by atoms with Gasteiger partial charge in [-0.2, -0.15) is 31.4 Å². The van der Waals surface area contributed by atoms with Crippen LogP contribution in [-0.4, -0.2) is 43.5 Å². The maximum atomic E-state index is 13.9. The van der Waals surface area contributed by atoms with Crippen LogP contribution in [-0.2, 0) is 12.7 Å². The number of aromatic nitrogens is 3. The van der Waals surface area contributed by atoms with Gasteiger partial charge in [0, 0.05) is 24.6 Å². The lowest BCUT2D eigenvalue weighted by Gasteiger charge is -2.42. The zero-order valence-corrected chi connectivity index (χ0v) is 21.0. The Bertz CT molecular complexity index is 1370. The van der Waals surface area contributed by atoms with Gasteiger partial charge in [0.1, 0.15) is 12.2 Å². The third kappa shape index (κ3) is 6.77. The second-order valence-corrected chi connectivity index (χ2v) is 9.86. The molecular formula is C26H24F8N4O2. The molecule has 216 valence electrons. The summed E-state index contributed by atoms with van der Waals surface area (Å²) in [5.74, 6) is -3.92. The number of benzene rings is 1. The van der Waals surface area contributed by atoms with Gasteiger partial charge in [0.05, 0.1) is 29.1 Å². The number of aryl methyl sites for hydroxylation is 1. The molecule has 1 amide bonds. The summed E-state index contributed by atoms with van der Waals surface area (Å²) in [5, 5.41) is 17.7. The van der Waals surface area contributed by atoms with Crippen LogP contribution in [0.15, 0.2) is 48.8 Å². The number of aliphatic hydroxyl groups is 1. The van der Waals surface area contributed by atoms with Gasteiger partial charge in [-0.15, -0.1) is 0 Å². The molecule has 1 aliphatic carbocycles. The SMILES string of the molecule is Cc1nc(C(F)(F)F)ccc1C(=O)NC(c1cccc(-c2cnn(CC(F)(F)F)c2)c1)C1(O)CCC(F)(F)CC1. The van der Waals surface area contributed by atoms with Crippen LogP contribution in [0.5, 0.6) is 0 Å². The summed E-state index contributed by atoms with van der Waals surface area (Å²) < 4.78 is 106. The highest BCUT2D eigenvalue weighted by molar-refractivity contribution is 5.95. The molecule has 1 atom stereocenters. The number of nitrogens with zero attached hydrogens (tertiary/aromatic N) is 3. The highest BCUT2D eigenvalue weighted by Gasteiger charge is 2.48. The fourth-order valence-electron chi connectivity index (χ4n) is 4.71. The number of carbonyl (C=O) groups is 1. The van der Waals surface area contributed by atoms with Gasteiger partial charge in [-0.3, -0.25) is 9.48 Å². The van der Waals surface area contributed by atoms with Crippen molar-refractivity contribution in [3.05, 3.63) is 71.3 Å². The van der Waals surface area contributed by atoms with Crippen molar-refractivity contribution in [2.45, 2.75) is 69.1 Å². The quantitative estimate of drug-likeness (QED) is 0.341. The number of hydrogen-bond donors (Lipinski definition) is 2. The Labute approximate surface area is 223 Å². The van der Waals surface area contributed by atoms with Gasteiger partial charge < -0.3 is 10.4 Å². The summed E-state index contributed by atoms with van der Waals surface area (Å²) in [7, 11) is 0. The molecule has 0 spiro atoms. The van der Waals surface area contributed by atoms with Crippen LogP contribution in [0.3, 0.4) is 0 Å². The van der Waals surface area contributed by atoms with E-state index in [1.807, 2.05) is 0 Å². The van der Waals surface area contributed by atoms with E-state index in [1.165, 1.54) is 31.3 Å². The van der Waals surface area contributed by atoms with Gasteiger partial charge in [0.25, 0.3) is 5.91 Å². The van der Waals surface area contributed by atoms with Crippen molar-refractivity contribution in [3.8, 4) is 11.1 Å². The first-order valence-electron chi connectivity index (χ1n) is 12.1. The molecule has 0 saturated heterocycles. The number of hydrogen-bond acceptors (Lipinski definition) is 4. The van der Waals surface area contributed by atoms with E-state index in [9.17, 15) is 45.0 Å². The van der Waals surface area contributed by atoms with E-state index < -0.39 is 73.7 Å². The van der Waals surface area contributed by atoms with Crippen LogP contribution >= 0.6 is 0 Å². The highest BCUT2D eigenvalue weighted by atomic mass is 19.4. The molecule has 3 aromatic rings. The molecule has 0 radical (unpaired) electrons. The maximum Gasteiger partial charge on any atom is 0.433 e. The van der Waals surface area contributed by atoms with E-state index in [4.69, 9.17) is 0 Å². The molecule has 40 heavy (non-hydrogen) atoms. The van der Waals surface area contributed by atoms with Crippen molar-refractivity contribution in [2.75, 3.05) is 0 Å². The predicted molar refractivity (Wildman–Crippen MR) is 126 cm³/mol. The fraction of sp³-hybridized carbons (Fsp3) is 0.423. The largest absolute Gasteiger partial charge is 0.433 e. The minimum Gasteiger partial charge on any atom is -0.387 e. The van der Waals surface area contributed by atoms with Gasteiger partial charge in [-0.1, -0.05) is 18.2 Å². The minimum atomic E-state index is -4.74. The van der Waals surface area contributed by atoms with E-state index in [0.717, 1.165) is 12.3 Å². The smallest absolute Gasteiger partial charge is 0.387 e. The molecule has 1 aliphatic rings. The van der Waals surface area contributed by atoms with Crippen LogP contribution < -0.4 is 5.32 Å². The Balaban J connectivity index is 1.68. The number of halogens is 8. The molecule has 0 bridgehead atoms. The number of pyridine rings is 1. The molecule has 14 heteroatoms. The standard InChI is InChI=1S/C26H24F8N4O2/c1-15-19(5-6-20(36-15)26(32,33)34)22(39)37-21(23(40)7-9-24(27,28)10-8-23)17-4-2-3-16(11-17)18-12-35-38(13-18)14-25(29,30)31/h2-6,11-13,21,40H,7-10,14H2,1H3,(H,37,39). The summed E-state index contributed by atoms with van der Waals surface area (Å²) in [5.41, 5.74) is -2.59. The summed E-state index contributed by atoms with van der Waals surface area (Å²) in [6.07, 6.45) is -9.01. The zero-order valence-electron chi connectivity index (χ0n) is 21.0. The van der Waals surface area contributed by atoms with Crippen molar-refractivity contribution >= 4 is 5.91 Å². The lowest BCUT2D eigenvalue weighted by Crippen LogP contribution is -2.50. The van der Waals surface area contributed by atoms with E-state index in [2.05, 4.69) is 15.4 Å². The van der Waals surface area contributed by atoms with Crippen LogP contribution in [0.1, 0.15) is 59.0 Å². The molecule has 0 aliphatic heterocycles. The number of rotatable bonds is 6. The average molecular weight is 576 g/mol. The molecule has 6 nitrogen and oxygen atoms in total. The molecule has 1 unspecified atom stereocenters. The predicted octanol–water partition coefficient (Wildman–Crippen LogP) is 6.25. The first-order valence-corrected chi connectivity index (χ1v) is 12.1. The highest BCUT2D eigenvalue weighted by Crippen LogP contribution is 2.45. The van der Waals surface area contributed by atoms with Crippen LogP contribution in [0.4, 0.5) is 35.1 Å². The Morgan fingerprint density at radius 1 is 1.05 bits per heavy atom. The first-order chi connectivity index (χ1) is 18.5. The Kier molecular flexibility index (Phi) is 7.69. The molecule has 2 heterocycles. The van der Waals surface area contributed by atoms with Crippen LogP contribution in [0, 0.1) is 6.92 Å². The summed E-state index contributed by atoms with van der Waals surface area (Å²) >= 11 is 0. The van der Waals surface area contributed by atoms with Crippen molar-refractivity contribution in [2.24, 2.45) is 0 Å².